The Kier molecular flexibility index (Phi) is 3.53. The Labute approximate surface area is 107 Å². The fourth-order valence-corrected chi connectivity index (χ4v) is 2.20. The van der Waals surface area contributed by atoms with Crippen LogP contribution in [0.4, 0.5) is 5.69 Å². The van der Waals surface area contributed by atoms with Crippen molar-refractivity contribution < 1.29 is 0 Å². The lowest BCUT2D eigenvalue weighted by Crippen LogP contribution is -1.98. The highest BCUT2D eigenvalue weighted by atomic mass is 35.5. The number of aryl methyl sites for hydroxylation is 2. The Morgan fingerprint density at radius 1 is 1.35 bits per heavy atom. The SMILES string of the molecule is CCCc1cc(NC)c2ccc(Cl)c(C)c2n1. The summed E-state index contributed by atoms with van der Waals surface area (Å²) >= 11 is 6.15. The summed E-state index contributed by atoms with van der Waals surface area (Å²) in [6.45, 7) is 4.18. The summed E-state index contributed by atoms with van der Waals surface area (Å²) in [6.07, 6.45) is 2.10. The standard InChI is InChI=1S/C14H17ClN2/c1-4-5-10-8-13(16-3)11-6-7-12(15)9(2)14(11)17-10/h6-8H,4-5H2,1-3H3,(H,16,17). The summed E-state index contributed by atoms with van der Waals surface area (Å²) in [5, 5.41) is 5.14. The number of nitrogens with zero attached hydrogens (tertiary/aromatic N) is 1. The van der Waals surface area contributed by atoms with Gasteiger partial charge < -0.3 is 5.32 Å². The molecule has 0 radical (unpaired) electrons. The average Bonchev–Trinajstić information content (AvgIpc) is 2.34. The first-order valence-corrected chi connectivity index (χ1v) is 6.31. The average molecular weight is 249 g/mol. The first-order chi connectivity index (χ1) is 8.17. The van der Waals surface area contributed by atoms with Crippen molar-refractivity contribution in [2.45, 2.75) is 26.7 Å². The molecule has 1 aromatic heterocycles. The third-order valence-corrected chi connectivity index (χ3v) is 3.41. The van der Waals surface area contributed by atoms with E-state index >= 15 is 0 Å². The Morgan fingerprint density at radius 3 is 2.76 bits per heavy atom. The van der Waals surface area contributed by atoms with Gasteiger partial charge in [-0.15, -0.1) is 0 Å². The summed E-state index contributed by atoms with van der Waals surface area (Å²) in [6, 6.07) is 6.08. The second-order valence-electron chi connectivity index (χ2n) is 4.23. The predicted molar refractivity (Wildman–Crippen MR) is 75.0 cm³/mol. The maximum atomic E-state index is 6.15. The molecule has 0 aliphatic heterocycles. The molecular formula is C14H17ClN2. The highest BCUT2D eigenvalue weighted by molar-refractivity contribution is 6.32. The first-order valence-electron chi connectivity index (χ1n) is 5.93. The summed E-state index contributed by atoms with van der Waals surface area (Å²) < 4.78 is 0. The van der Waals surface area contributed by atoms with E-state index in [0.717, 1.165) is 45.7 Å². The van der Waals surface area contributed by atoms with Crippen molar-refractivity contribution >= 4 is 28.2 Å². The third kappa shape index (κ3) is 2.22. The normalized spacial score (nSPS) is 10.8. The van der Waals surface area contributed by atoms with Gasteiger partial charge in [-0.05, 0) is 37.1 Å². The Morgan fingerprint density at radius 2 is 2.12 bits per heavy atom. The lowest BCUT2D eigenvalue weighted by molar-refractivity contribution is 0.889. The zero-order chi connectivity index (χ0) is 12.4. The van der Waals surface area contributed by atoms with Crippen molar-refractivity contribution in [3.63, 3.8) is 0 Å². The van der Waals surface area contributed by atoms with Gasteiger partial charge in [-0.3, -0.25) is 4.98 Å². The molecule has 2 rings (SSSR count). The third-order valence-electron chi connectivity index (χ3n) is 3.00. The molecule has 1 heterocycles. The zero-order valence-corrected chi connectivity index (χ0v) is 11.2. The fourth-order valence-electron chi connectivity index (χ4n) is 2.05. The zero-order valence-electron chi connectivity index (χ0n) is 10.5. The Balaban J connectivity index is 2.73. The predicted octanol–water partition coefficient (Wildman–Crippen LogP) is 4.19. The van der Waals surface area contributed by atoms with Crippen LogP contribution in [-0.2, 0) is 6.42 Å². The molecule has 0 spiro atoms. The van der Waals surface area contributed by atoms with E-state index in [9.17, 15) is 0 Å². The van der Waals surface area contributed by atoms with E-state index in [1.165, 1.54) is 0 Å². The molecule has 90 valence electrons. The van der Waals surface area contributed by atoms with E-state index in [2.05, 4.69) is 18.3 Å². The molecular weight excluding hydrogens is 232 g/mol. The number of hydrogen-bond donors (Lipinski definition) is 1. The van der Waals surface area contributed by atoms with Crippen molar-refractivity contribution in [1.82, 2.24) is 4.98 Å². The molecule has 0 saturated heterocycles. The minimum atomic E-state index is 0.778. The van der Waals surface area contributed by atoms with E-state index in [1.54, 1.807) is 0 Å². The second-order valence-corrected chi connectivity index (χ2v) is 4.64. The lowest BCUT2D eigenvalue weighted by atomic mass is 10.1. The van der Waals surface area contributed by atoms with Crippen molar-refractivity contribution in [3.05, 3.63) is 34.5 Å². The maximum Gasteiger partial charge on any atom is 0.0770 e. The van der Waals surface area contributed by atoms with Gasteiger partial charge in [-0.1, -0.05) is 24.9 Å². The Bertz CT molecular complexity index is 549. The molecule has 0 fully saturated rings. The smallest absolute Gasteiger partial charge is 0.0770 e. The van der Waals surface area contributed by atoms with Crippen molar-refractivity contribution in [2.75, 3.05) is 12.4 Å². The quantitative estimate of drug-likeness (QED) is 0.881. The lowest BCUT2D eigenvalue weighted by Gasteiger charge is -2.11. The minimum absolute atomic E-state index is 0.778. The van der Waals surface area contributed by atoms with Crippen LogP contribution in [-0.4, -0.2) is 12.0 Å². The molecule has 2 aromatic rings. The minimum Gasteiger partial charge on any atom is -0.388 e. The van der Waals surface area contributed by atoms with Crippen LogP contribution in [0.1, 0.15) is 24.6 Å². The van der Waals surface area contributed by atoms with Crippen LogP contribution < -0.4 is 5.32 Å². The largest absolute Gasteiger partial charge is 0.388 e. The molecule has 17 heavy (non-hydrogen) atoms. The van der Waals surface area contributed by atoms with E-state index in [-0.39, 0.29) is 0 Å². The second kappa shape index (κ2) is 4.92. The number of fused-ring (bicyclic) bond motifs is 1. The van der Waals surface area contributed by atoms with Crippen LogP contribution in [0.2, 0.25) is 5.02 Å². The van der Waals surface area contributed by atoms with Crippen molar-refractivity contribution in [1.29, 1.82) is 0 Å². The number of hydrogen-bond acceptors (Lipinski definition) is 2. The number of rotatable bonds is 3. The molecule has 1 aromatic carbocycles. The van der Waals surface area contributed by atoms with Crippen molar-refractivity contribution in [3.8, 4) is 0 Å². The van der Waals surface area contributed by atoms with Gasteiger partial charge in [0, 0.05) is 28.8 Å². The number of benzene rings is 1. The van der Waals surface area contributed by atoms with Crippen LogP contribution in [0, 0.1) is 6.92 Å². The van der Waals surface area contributed by atoms with Gasteiger partial charge in [-0.2, -0.15) is 0 Å². The maximum absolute atomic E-state index is 6.15. The number of nitrogens with one attached hydrogen (secondary N) is 1. The molecule has 0 aliphatic carbocycles. The van der Waals surface area contributed by atoms with Gasteiger partial charge in [-0.25, -0.2) is 0 Å². The summed E-state index contributed by atoms with van der Waals surface area (Å²) in [5.41, 5.74) is 4.30. The van der Waals surface area contributed by atoms with Crippen LogP contribution in [0.25, 0.3) is 10.9 Å². The van der Waals surface area contributed by atoms with Crippen LogP contribution in [0.15, 0.2) is 18.2 Å². The fraction of sp³-hybridized carbons (Fsp3) is 0.357. The molecule has 2 nitrogen and oxygen atoms in total. The molecule has 0 atom stereocenters. The monoisotopic (exact) mass is 248 g/mol. The number of halogens is 1. The highest BCUT2D eigenvalue weighted by Gasteiger charge is 2.08. The van der Waals surface area contributed by atoms with E-state index in [0.29, 0.717) is 0 Å². The van der Waals surface area contributed by atoms with Crippen molar-refractivity contribution in [2.24, 2.45) is 0 Å². The van der Waals surface area contributed by atoms with Gasteiger partial charge in [0.25, 0.3) is 0 Å². The topological polar surface area (TPSA) is 24.9 Å². The number of anilines is 1. The molecule has 3 heteroatoms. The summed E-state index contributed by atoms with van der Waals surface area (Å²) in [4.78, 5) is 4.71. The van der Waals surface area contributed by atoms with Crippen LogP contribution in [0.3, 0.4) is 0 Å². The number of pyridine rings is 1. The molecule has 0 amide bonds. The molecule has 0 unspecified atom stereocenters. The summed E-state index contributed by atoms with van der Waals surface area (Å²) in [5.74, 6) is 0. The van der Waals surface area contributed by atoms with E-state index < -0.39 is 0 Å². The summed E-state index contributed by atoms with van der Waals surface area (Å²) in [7, 11) is 1.94. The molecule has 0 bridgehead atoms. The van der Waals surface area contributed by atoms with Gasteiger partial charge in [0.05, 0.1) is 5.52 Å². The molecule has 0 aliphatic rings. The van der Waals surface area contributed by atoms with E-state index in [4.69, 9.17) is 16.6 Å². The molecule has 0 saturated carbocycles. The van der Waals surface area contributed by atoms with Gasteiger partial charge in [0.1, 0.15) is 0 Å². The van der Waals surface area contributed by atoms with Gasteiger partial charge in [0.2, 0.25) is 0 Å². The first kappa shape index (κ1) is 12.2. The Hall–Kier alpha value is -1.28. The van der Waals surface area contributed by atoms with Gasteiger partial charge >= 0.3 is 0 Å². The van der Waals surface area contributed by atoms with Crippen LogP contribution in [0.5, 0.6) is 0 Å². The number of aromatic nitrogens is 1. The van der Waals surface area contributed by atoms with E-state index in [1.807, 2.05) is 26.1 Å². The van der Waals surface area contributed by atoms with Crippen LogP contribution >= 0.6 is 11.6 Å². The van der Waals surface area contributed by atoms with Gasteiger partial charge in [0.15, 0.2) is 0 Å². The highest BCUT2D eigenvalue weighted by Crippen LogP contribution is 2.29. The molecule has 1 N–H and O–H groups in total.